The Labute approximate surface area is 159 Å². The number of nitrogens with zero attached hydrogens (tertiary/aromatic N) is 1. The topological polar surface area (TPSA) is 91.3 Å². The van der Waals surface area contributed by atoms with Gasteiger partial charge < -0.3 is 10.4 Å². The number of aromatic hydroxyl groups is 1. The molecule has 2 aromatic carbocycles. The number of hydrogen-bond donors (Lipinski definition) is 3. The molecule has 142 valence electrons. The maximum atomic E-state index is 12.6. The predicted molar refractivity (Wildman–Crippen MR) is 106 cm³/mol. The Morgan fingerprint density at radius 3 is 2.67 bits per heavy atom. The van der Waals surface area contributed by atoms with Gasteiger partial charge in [-0.1, -0.05) is 30.3 Å². The van der Waals surface area contributed by atoms with Gasteiger partial charge in [-0.15, -0.1) is 0 Å². The van der Waals surface area contributed by atoms with Crippen molar-refractivity contribution in [1.29, 1.82) is 0 Å². The van der Waals surface area contributed by atoms with Gasteiger partial charge in [-0.05, 0) is 55.1 Å². The zero-order chi connectivity index (χ0) is 19.3. The maximum absolute atomic E-state index is 12.6. The van der Waals surface area contributed by atoms with Crippen molar-refractivity contribution in [1.82, 2.24) is 15.0 Å². The van der Waals surface area contributed by atoms with Crippen LogP contribution >= 0.6 is 0 Å². The first-order valence-corrected chi connectivity index (χ1v) is 10.3. The van der Waals surface area contributed by atoms with Crippen LogP contribution in [0.4, 0.5) is 0 Å². The van der Waals surface area contributed by atoms with Crippen LogP contribution in [0, 0.1) is 0 Å². The molecule has 3 aromatic rings. The lowest BCUT2D eigenvalue weighted by Crippen LogP contribution is -2.40. The van der Waals surface area contributed by atoms with Crippen molar-refractivity contribution in [2.75, 3.05) is 13.1 Å². The van der Waals surface area contributed by atoms with Crippen LogP contribution in [0.3, 0.4) is 0 Å². The number of hydrogen-bond acceptors (Lipinski definition) is 5. The molecule has 3 N–H and O–H groups in total. The molecule has 1 heterocycles. The number of benzene rings is 2. The molecule has 0 radical (unpaired) electrons. The van der Waals surface area contributed by atoms with Gasteiger partial charge in [0.1, 0.15) is 0 Å². The summed E-state index contributed by atoms with van der Waals surface area (Å²) >= 11 is 0. The molecule has 0 saturated carbocycles. The summed E-state index contributed by atoms with van der Waals surface area (Å²) in [4.78, 5) is 3.96. The molecular formula is C20H23N3O3S. The summed E-state index contributed by atoms with van der Waals surface area (Å²) in [5.74, 6) is -0.111. The smallest absolute Gasteiger partial charge is 0.240 e. The molecule has 0 aliphatic carbocycles. The first-order chi connectivity index (χ1) is 13.0. The summed E-state index contributed by atoms with van der Waals surface area (Å²) in [6, 6.07) is 16.1. The Bertz CT molecular complexity index is 1010. The Morgan fingerprint density at radius 1 is 1.11 bits per heavy atom. The Kier molecular flexibility index (Phi) is 6.05. The van der Waals surface area contributed by atoms with E-state index in [-0.39, 0.29) is 16.8 Å². The van der Waals surface area contributed by atoms with Crippen molar-refractivity contribution in [2.24, 2.45) is 0 Å². The Morgan fingerprint density at radius 2 is 1.89 bits per heavy atom. The molecule has 6 nitrogen and oxygen atoms in total. The van der Waals surface area contributed by atoms with E-state index < -0.39 is 10.0 Å². The number of rotatable bonds is 8. The summed E-state index contributed by atoms with van der Waals surface area (Å²) in [5, 5.41) is 14.1. The Hall–Kier alpha value is -2.48. The van der Waals surface area contributed by atoms with Gasteiger partial charge in [0.15, 0.2) is 0 Å². The highest BCUT2D eigenvalue weighted by Gasteiger charge is 2.18. The van der Waals surface area contributed by atoms with Crippen LogP contribution in [0.1, 0.15) is 12.5 Å². The van der Waals surface area contributed by atoms with Crippen LogP contribution in [0.2, 0.25) is 0 Å². The average Bonchev–Trinajstić information content (AvgIpc) is 2.66. The fourth-order valence-corrected chi connectivity index (χ4v) is 4.16. The lowest BCUT2D eigenvalue weighted by Gasteiger charge is -2.15. The van der Waals surface area contributed by atoms with Crippen molar-refractivity contribution in [3.05, 3.63) is 66.4 Å². The van der Waals surface area contributed by atoms with Gasteiger partial charge in [-0.3, -0.25) is 0 Å². The lowest BCUT2D eigenvalue weighted by atomic mass is 10.1. The van der Waals surface area contributed by atoms with E-state index in [0.29, 0.717) is 17.3 Å². The molecule has 1 atom stereocenters. The lowest BCUT2D eigenvalue weighted by molar-refractivity contribution is 0.460. The number of aromatic nitrogens is 1. The van der Waals surface area contributed by atoms with Gasteiger partial charge in [0.25, 0.3) is 0 Å². The number of fused-ring (bicyclic) bond motifs is 1. The molecule has 3 rings (SSSR count). The van der Waals surface area contributed by atoms with Gasteiger partial charge >= 0.3 is 0 Å². The zero-order valence-electron chi connectivity index (χ0n) is 15.1. The number of nitrogens with one attached hydrogen (secondary N) is 2. The van der Waals surface area contributed by atoms with Crippen LogP contribution in [0.5, 0.6) is 5.88 Å². The van der Waals surface area contributed by atoms with E-state index in [2.05, 4.69) is 27.2 Å². The third-order valence-electron chi connectivity index (χ3n) is 4.27. The van der Waals surface area contributed by atoms with Gasteiger partial charge in [0, 0.05) is 24.2 Å². The molecule has 1 aromatic heterocycles. The molecular weight excluding hydrogens is 362 g/mol. The minimum Gasteiger partial charge on any atom is -0.493 e. The summed E-state index contributed by atoms with van der Waals surface area (Å²) in [5.41, 5.74) is 1.24. The van der Waals surface area contributed by atoms with Crippen LogP contribution in [0.15, 0.2) is 65.7 Å². The van der Waals surface area contributed by atoms with Gasteiger partial charge in [0.05, 0.1) is 4.90 Å². The quantitative estimate of drug-likeness (QED) is 0.518. The minimum atomic E-state index is -3.65. The van der Waals surface area contributed by atoms with Crippen molar-refractivity contribution in [2.45, 2.75) is 24.3 Å². The van der Waals surface area contributed by atoms with E-state index in [1.54, 1.807) is 12.1 Å². The number of sulfonamides is 1. The zero-order valence-corrected chi connectivity index (χ0v) is 15.9. The monoisotopic (exact) mass is 385 g/mol. The van der Waals surface area contributed by atoms with Crippen molar-refractivity contribution in [3.63, 3.8) is 0 Å². The first-order valence-electron chi connectivity index (χ1n) is 8.80. The van der Waals surface area contributed by atoms with E-state index in [0.717, 1.165) is 13.0 Å². The molecule has 0 fully saturated rings. The molecule has 0 amide bonds. The third-order valence-corrected chi connectivity index (χ3v) is 5.85. The molecule has 0 aliphatic heterocycles. The van der Waals surface area contributed by atoms with Gasteiger partial charge in [-0.2, -0.15) is 0 Å². The maximum Gasteiger partial charge on any atom is 0.240 e. The Balaban J connectivity index is 1.57. The average molecular weight is 385 g/mol. The summed E-state index contributed by atoms with van der Waals surface area (Å²) in [6.45, 7) is 3.13. The molecule has 7 heteroatoms. The second-order valence-electron chi connectivity index (χ2n) is 6.48. The molecule has 1 unspecified atom stereocenters. The largest absolute Gasteiger partial charge is 0.493 e. The summed E-state index contributed by atoms with van der Waals surface area (Å²) < 4.78 is 27.9. The van der Waals surface area contributed by atoms with E-state index >= 15 is 0 Å². The molecule has 27 heavy (non-hydrogen) atoms. The predicted octanol–water partition coefficient (Wildman–Crippen LogP) is 2.44. The third kappa shape index (κ3) is 5.03. The highest BCUT2D eigenvalue weighted by molar-refractivity contribution is 7.89. The van der Waals surface area contributed by atoms with Crippen LogP contribution in [0.25, 0.3) is 10.8 Å². The van der Waals surface area contributed by atoms with Crippen LogP contribution in [-0.2, 0) is 16.4 Å². The normalized spacial score (nSPS) is 12.9. The van der Waals surface area contributed by atoms with Gasteiger partial charge in [-0.25, -0.2) is 18.1 Å². The second-order valence-corrected chi connectivity index (χ2v) is 8.19. The second kappa shape index (κ2) is 8.47. The van der Waals surface area contributed by atoms with Crippen molar-refractivity contribution < 1.29 is 13.5 Å². The van der Waals surface area contributed by atoms with E-state index in [4.69, 9.17) is 0 Å². The molecule has 0 bridgehead atoms. The van der Waals surface area contributed by atoms with Crippen molar-refractivity contribution >= 4 is 20.8 Å². The fraction of sp³-hybridized carbons (Fsp3) is 0.250. The highest BCUT2D eigenvalue weighted by atomic mass is 32.2. The van der Waals surface area contributed by atoms with E-state index in [9.17, 15) is 13.5 Å². The molecule has 0 aliphatic rings. The summed E-state index contributed by atoms with van der Waals surface area (Å²) in [6.07, 6.45) is 2.34. The highest BCUT2D eigenvalue weighted by Crippen LogP contribution is 2.24. The van der Waals surface area contributed by atoms with E-state index in [1.807, 2.05) is 25.1 Å². The first kappa shape index (κ1) is 19.3. The molecule has 0 spiro atoms. The molecule has 0 saturated heterocycles. The fourth-order valence-electron chi connectivity index (χ4n) is 2.88. The van der Waals surface area contributed by atoms with Gasteiger partial charge in [0.2, 0.25) is 15.9 Å². The standard InChI is InChI=1S/C20H23N3O3S/c1-15(14-21-11-9-16-5-3-2-4-6-16)23-27(25,26)18-7-8-19-17(13-18)10-12-22-20(19)24/h2-8,10,12-13,15,21,23H,9,11,14H2,1H3,(H,22,24). The minimum absolute atomic E-state index is 0.111. The number of pyridine rings is 1. The summed E-state index contributed by atoms with van der Waals surface area (Å²) in [7, 11) is -3.65. The van der Waals surface area contributed by atoms with Crippen LogP contribution < -0.4 is 10.0 Å². The SMILES string of the molecule is CC(CNCCc1ccccc1)NS(=O)(=O)c1ccc2c(O)nccc2c1. The van der Waals surface area contributed by atoms with Crippen molar-refractivity contribution in [3.8, 4) is 5.88 Å². The van der Waals surface area contributed by atoms with Crippen LogP contribution in [-0.4, -0.2) is 37.6 Å². The van der Waals surface area contributed by atoms with E-state index in [1.165, 1.54) is 23.9 Å².